The third-order valence-corrected chi connectivity index (χ3v) is 5.47. The molecule has 1 aliphatic rings. The van der Waals surface area contributed by atoms with Crippen molar-refractivity contribution in [2.24, 2.45) is 5.11 Å². The van der Waals surface area contributed by atoms with E-state index in [-0.39, 0.29) is 6.04 Å². The molecule has 1 saturated heterocycles. The summed E-state index contributed by atoms with van der Waals surface area (Å²) < 4.78 is 0. The van der Waals surface area contributed by atoms with Crippen LogP contribution in [0.3, 0.4) is 0 Å². The molecule has 2 aromatic rings. The Morgan fingerprint density at radius 3 is 1.96 bits per heavy atom. The molecule has 0 aromatic heterocycles. The predicted molar refractivity (Wildman–Crippen MR) is 111 cm³/mol. The second-order valence-corrected chi connectivity index (χ2v) is 7.16. The highest BCUT2D eigenvalue weighted by atomic mass is 15.3. The Kier molecular flexibility index (Phi) is 7.28. The Morgan fingerprint density at radius 2 is 1.48 bits per heavy atom. The van der Waals surface area contributed by atoms with Gasteiger partial charge in [0.25, 0.3) is 0 Å². The minimum atomic E-state index is 0.120. The van der Waals surface area contributed by atoms with E-state index in [1.807, 2.05) is 0 Å². The van der Waals surface area contributed by atoms with E-state index in [4.69, 9.17) is 5.53 Å². The topological polar surface area (TPSA) is 55.2 Å². The van der Waals surface area contributed by atoms with Gasteiger partial charge in [0.2, 0.25) is 0 Å². The number of hydrogen-bond donors (Lipinski definition) is 0. The Bertz CT molecular complexity index is 679. The first kappa shape index (κ1) is 19.4. The van der Waals surface area contributed by atoms with E-state index >= 15 is 0 Å². The zero-order valence-corrected chi connectivity index (χ0v) is 16.1. The molecule has 27 heavy (non-hydrogen) atoms. The summed E-state index contributed by atoms with van der Waals surface area (Å²) in [5, 5.41) is 3.89. The van der Waals surface area contributed by atoms with E-state index in [0.29, 0.717) is 6.04 Å². The van der Waals surface area contributed by atoms with E-state index in [9.17, 15) is 0 Å². The van der Waals surface area contributed by atoms with Crippen molar-refractivity contribution in [2.45, 2.75) is 31.8 Å². The summed E-state index contributed by atoms with van der Waals surface area (Å²) in [7, 11) is 0. The van der Waals surface area contributed by atoms with E-state index in [0.717, 1.165) is 45.6 Å². The van der Waals surface area contributed by atoms with Gasteiger partial charge in [-0.05, 0) is 36.0 Å². The zero-order valence-electron chi connectivity index (χ0n) is 16.1. The number of piperazine rings is 1. The van der Waals surface area contributed by atoms with E-state index < -0.39 is 0 Å². The monoisotopic (exact) mass is 363 g/mol. The minimum absolute atomic E-state index is 0.120. The maximum atomic E-state index is 8.66. The van der Waals surface area contributed by atoms with Crippen LogP contribution in [-0.2, 0) is 0 Å². The maximum Gasteiger partial charge on any atom is 0.0602 e. The average molecular weight is 364 g/mol. The molecule has 0 N–H and O–H groups in total. The summed E-state index contributed by atoms with van der Waals surface area (Å²) in [6.07, 6.45) is 1.86. The molecule has 1 aliphatic heterocycles. The molecule has 0 saturated carbocycles. The van der Waals surface area contributed by atoms with Crippen LogP contribution in [0, 0.1) is 0 Å². The van der Waals surface area contributed by atoms with Crippen LogP contribution in [0.5, 0.6) is 0 Å². The Hall–Kier alpha value is -2.33. The highest BCUT2D eigenvalue weighted by Gasteiger charge is 2.26. The summed E-state index contributed by atoms with van der Waals surface area (Å²) in [4.78, 5) is 8.06. The molecule has 142 valence electrons. The van der Waals surface area contributed by atoms with Gasteiger partial charge in [0.15, 0.2) is 0 Å². The van der Waals surface area contributed by atoms with Gasteiger partial charge in [-0.25, -0.2) is 0 Å². The fraction of sp³-hybridized carbons (Fsp3) is 0.455. The SMILES string of the molecule is CCC(CCN1CCN(C(c2ccccc2)c2ccccc2)CC1)N=[N+]=[N-]. The molecule has 1 heterocycles. The molecule has 3 rings (SSSR count). The first-order valence-electron chi connectivity index (χ1n) is 9.92. The van der Waals surface area contributed by atoms with Gasteiger partial charge in [-0.2, -0.15) is 0 Å². The van der Waals surface area contributed by atoms with Crippen molar-refractivity contribution in [3.63, 3.8) is 0 Å². The molecule has 5 heteroatoms. The van der Waals surface area contributed by atoms with Gasteiger partial charge >= 0.3 is 0 Å². The molecule has 1 unspecified atom stereocenters. The Morgan fingerprint density at radius 1 is 0.926 bits per heavy atom. The van der Waals surface area contributed by atoms with Crippen molar-refractivity contribution in [3.8, 4) is 0 Å². The van der Waals surface area contributed by atoms with Crippen LogP contribution < -0.4 is 0 Å². The van der Waals surface area contributed by atoms with Crippen LogP contribution >= 0.6 is 0 Å². The van der Waals surface area contributed by atoms with Crippen LogP contribution in [0.15, 0.2) is 65.8 Å². The normalized spacial score (nSPS) is 16.8. The largest absolute Gasteiger partial charge is 0.301 e. The lowest BCUT2D eigenvalue weighted by atomic mass is 9.96. The molecule has 0 radical (unpaired) electrons. The lowest BCUT2D eigenvalue weighted by Gasteiger charge is -2.40. The van der Waals surface area contributed by atoms with Crippen LogP contribution in [0.4, 0.5) is 0 Å². The molecule has 0 aliphatic carbocycles. The van der Waals surface area contributed by atoms with Crippen molar-refractivity contribution >= 4 is 0 Å². The Balaban J connectivity index is 1.64. The molecule has 2 aromatic carbocycles. The first-order valence-corrected chi connectivity index (χ1v) is 9.92. The fourth-order valence-electron chi connectivity index (χ4n) is 3.88. The van der Waals surface area contributed by atoms with Gasteiger partial charge < -0.3 is 4.90 Å². The number of nitrogens with zero attached hydrogens (tertiary/aromatic N) is 5. The van der Waals surface area contributed by atoms with Crippen molar-refractivity contribution in [3.05, 3.63) is 82.2 Å². The molecule has 0 amide bonds. The maximum absolute atomic E-state index is 8.66. The fourth-order valence-corrected chi connectivity index (χ4v) is 3.88. The standard InChI is InChI=1S/C22H29N5/c1-2-21(24-25-23)13-14-26-15-17-27(18-16-26)22(19-9-5-3-6-10-19)20-11-7-4-8-12-20/h3-12,21-22H,2,13-18H2,1H3. The van der Waals surface area contributed by atoms with Crippen LogP contribution in [-0.4, -0.2) is 48.6 Å². The van der Waals surface area contributed by atoms with E-state index in [2.05, 4.69) is 87.4 Å². The minimum Gasteiger partial charge on any atom is -0.301 e. The van der Waals surface area contributed by atoms with Crippen molar-refractivity contribution < 1.29 is 0 Å². The van der Waals surface area contributed by atoms with Crippen LogP contribution in [0.1, 0.15) is 36.9 Å². The number of rotatable bonds is 8. The van der Waals surface area contributed by atoms with Crippen molar-refractivity contribution in [1.29, 1.82) is 0 Å². The van der Waals surface area contributed by atoms with Crippen molar-refractivity contribution in [2.75, 3.05) is 32.7 Å². The van der Waals surface area contributed by atoms with Crippen molar-refractivity contribution in [1.82, 2.24) is 9.80 Å². The molecular weight excluding hydrogens is 334 g/mol. The zero-order chi connectivity index (χ0) is 18.9. The van der Waals surface area contributed by atoms with Crippen LogP contribution in [0.2, 0.25) is 0 Å². The smallest absolute Gasteiger partial charge is 0.0602 e. The molecule has 0 bridgehead atoms. The van der Waals surface area contributed by atoms with E-state index in [1.165, 1.54) is 11.1 Å². The van der Waals surface area contributed by atoms with Gasteiger partial charge in [-0.1, -0.05) is 72.7 Å². The predicted octanol–water partition coefficient (Wildman–Crippen LogP) is 4.87. The summed E-state index contributed by atoms with van der Waals surface area (Å²) in [5.41, 5.74) is 11.4. The second kappa shape index (κ2) is 10.1. The number of hydrogen-bond acceptors (Lipinski definition) is 3. The van der Waals surface area contributed by atoms with Crippen LogP contribution in [0.25, 0.3) is 10.4 Å². The highest BCUT2D eigenvalue weighted by molar-refractivity contribution is 5.31. The highest BCUT2D eigenvalue weighted by Crippen LogP contribution is 2.29. The molecular formula is C22H29N5. The summed E-state index contributed by atoms with van der Waals surface area (Å²) >= 11 is 0. The summed E-state index contributed by atoms with van der Waals surface area (Å²) in [6.45, 7) is 7.31. The van der Waals surface area contributed by atoms with Gasteiger partial charge in [0, 0.05) is 37.1 Å². The van der Waals surface area contributed by atoms with Gasteiger partial charge in [0.1, 0.15) is 0 Å². The molecule has 1 fully saturated rings. The number of benzene rings is 2. The molecule has 1 atom stereocenters. The first-order chi connectivity index (χ1) is 13.3. The average Bonchev–Trinajstić information content (AvgIpc) is 2.74. The van der Waals surface area contributed by atoms with Gasteiger partial charge in [0.05, 0.1) is 6.04 Å². The van der Waals surface area contributed by atoms with E-state index in [1.54, 1.807) is 0 Å². The van der Waals surface area contributed by atoms with Gasteiger partial charge in [-0.15, -0.1) is 0 Å². The van der Waals surface area contributed by atoms with Gasteiger partial charge in [-0.3, -0.25) is 4.90 Å². The summed E-state index contributed by atoms with van der Waals surface area (Å²) in [5.74, 6) is 0. The number of azide groups is 1. The summed E-state index contributed by atoms with van der Waals surface area (Å²) in [6, 6.07) is 22.0. The Labute approximate surface area is 162 Å². The lowest BCUT2D eigenvalue weighted by molar-refractivity contribution is 0.107. The molecule has 0 spiro atoms. The third kappa shape index (κ3) is 5.33. The quantitative estimate of drug-likeness (QED) is 0.381. The lowest BCUT2D eigenvalue weighted by Crippen LogP contribution is -2.48. The third-order valence-electron chi connectivity index (χ3n) is 5.47. The molecule has 5 nitrogen and oxygen atoms in total. The second-order valence-electron chi connectivity index (χ2n) is 7.16.